The molecule has 0 heterocycles. The Balaban J connectivity index is 1.75. The lowest BCUT2D eigenvalue weighted by atomic mass is 9.82. The summed E-state index contributed by atoms with van der Waals surface area (Å²) in [6.07, 6.45) is 4.47. The largest absolute Gasteiger partial charge is 0.550 e. The van der Waals surface area contributed by atoms with Crippen molar-refractivity contribution in [2.45, 2.75) is 13.3 Å². The number of rotatable bonds is 4. The smallest absolute Gasteiger partial charge is 0.228 e. The molecule has 0 spiro atoms. The Morgan fingerprint density at radius 3 is 2.26 bits per heavy atom. The van der Waals surface area contributed by atoms with Crippen molar-refractivity contribution in [3.63, 3.8) is 0 Å². The fraction of sp³-hybridized carbons (Fsp3) is 0.353. The van der Waals surface area contributed by atoms with Crippen molar-refractivity contribution >= 4 is 29.2 Å². The maximum absolute atomic E-state index is 12.5. The lowest BCUT2D eigenvalue weighted by Crippen LogP contribution is -2.42. The molecule has 4 atom stereocenters. The van der Waals surface area contributed by atoms with E-state index >= 15 is 0 Å². The average Bonchev–Trinajstić information content (AvgIpc) is 3.07. The Labute approximate surface area is 133 Å². The molecule has 0 saturated heterocycles. The second-order valence-electron chi connectivity index (χ2n) is 6.07. The SMILES string of the molecule is CC(=O)Nc1cccc(NC(=O)[C@@H]2[C@@H](C(=O)[O-])[C@H]3C=C[C@H]2C3)c1. The van der Waals surface area contributed by atoms with Crippen molar-refractivity contribution in [2.75, 3.05) is 10.6 Å². The van der Waals surface area contributed by atoms with Crippen LogP contribution in [0.15, 0.2) is 36.4 Å². The minimum atomic E-state index is -1.17. The van der Waals surface area contributed by atoms with Gasteiger partial charge in [0.15, 0.2) is 0 Å². The summed E-state index contributed by atoms with van der Waals surface area (Å²) in [7, 11) is 0. The highest BCUT2D eigenvalue weighted by molar-refractivity contribution is 5.97. The lowest BCUT2D eigenvalue weighted by molar-refractivity contribution is -0.313. The number of nitrogens with one attached hydrogen (secondary N) is 2. The first-order valence-corrected chi connectivity index (χ1v) is 7.53. The first-order chi connectivity index (χ1) is 11.0. The maximum Gasteiger partial charge on any atom is 0.228 e. The highest BCUT2D eigenvalue weighted by Gasteiger charge is 2.48. The van der Waals surface area contributed by atoms with Gasteiger partial charge >= 0.3 is 0 Å². The third-order valence-electron chi connectivity index (χ3n) is 4.48. The Bertz CT molecular complexity index is 698. The molecule has 0 aromatic heterocycles. The molecule has 1 aromatic rings. The van der Waals surface area contributed by atoms with Gasteiger partial charge in [-0.2, -0.15) is 0 Å². The number of anilines is 2. The molecule has 1 fully saturated rings. The molecule has 2 aliphatic rings. The van der Waals surface area contributed by atoms with Gasteiger partial charge in [0.1, 0.15) is 0 Å². The molecule has 2 bridgehead atoms. The summed E-state index contributed by atoms with van der Waals surface area (Å²) in [6.45, 7) is 1.40. The number of amides is 2. The van der Waals surface area contributed by atoms with Crippen molar-refractivity contribution in [1.82, 2.24) is 0 Å². The predicted octanol–water partition coefficient (Wildman–Crippen LogP) is 0.772. The molecule has 0 aliphatic heterocycles. The molecule has 6 nitrogen and oxygen atoms in total. The maximum atomic E-state index is 12.5. The van der Waals surface area contributed by atoms with Gasteiger partial charge in [-0.1, -0.05) is 18.2 Å². The molecule has 1 aromatic carbocycles. The molecule has 2 amide bonds. The van der Waals surface area contributed by atoms with E-state index in [-0.39, 0.29) is 23.7 Å². The molecule has 2 N–H and O–H groups in total. The second-order valence-corrected chi connectivity index (χ2v) is 6.07. The second kappa shape index (κ2) is 5.87. The van der Waals surface area contributed by atoms with Gasteiger partial charge in [0.25, 0.3) is 0 Å². The summed E-state index contributed by atoms with van der Waals surface area (Å²) in [6, 6.07) is 6.75. The Morgan fingerprint density at radius 1 is 1.04 bits per heavy atom. The fourth-order valence-electron chi connectivity index (χ4n) is 3.60. The first-order valence-electron chi connectivity index (χ1n) is 7.53. The summed E-state index contributed by atoms with van der Waals surface area (Å²) >= 11 is 0. The van der Waals surface area contributed by atoms with E-state index < -0.39 is 17.8 Å². The molecule has 120 valence electrons. The van der Waals surface area contributed by atoms with E-state index in [9.17, 15) is 19.5 Å². The Hall–Kier alpha value is -2.63. The van der Waals surface area contributed by atoms with E-state index in [0.717, 1.165) is 0 Å². The van der Waals surface area contributed by atoms with E-state index in [4.69, 9.17) is 0 Å². The number of aliphatic carboxylic acids is 1. The van der Waals surface area contributed by atoms with Crippen LogP contribution < -0.4 is 15.7 Å². The summed E-state index contributed by atoms with van der Waals surface area (Å²) in [5.41, 5.74) is 1.09. The van der Waals surface area contributed by atoms with Crippen molar-refractivity contribution in [2.24, 2.45) is 23.7 Å². The first kappa shape index (κ1) is 15.3. The monoisotopic (exact) mass is 313 g/mol. The number of carboxylic acids is 1. The summed E-state index contributed by atoms with van der Waals surface area (Å²) < 4.78 is 0. The van der Waals surface area contributed by atoms with Gasteiger partial charge in [0.2, 0.25) is 11.8 Å². The van der Waals surface area contributed by atoms with Gasteiger partial charge in [-0.25, -0.2) is 0 Å². The van der Waals surface area contributed by atoms with Crippen LogP contribution in [0.25, 0.3) is 0 Å². The average molecular weight is 313 g/mol. The summed E-state index contributed by atoms with van der Waals surface area (Å²) in [5, 5.41) is 16.8. The number of allylic oxidation sites excluding steroid dienone is 2. The van der Waals surface area contributed by atoms with Crippen LogP contribution in [0.4, 0.5) is 11.4 Å². The van der Waals surface area contributed by atoms with Crippen LogP contribution in [0, 0.1) is 23.7 Å². The number of hydrogen-bond acceptors (Lipinski definition) is 4. The molecule has 0 radical (unpaired) electrons. The van der Waals surface area contributed by atoms with Gasteiger partial charge in [0.05, 0.1) is 5.92 Å². The normalized spacial score (nSPS) is 27.7. The van der Waals surface area contributed by atoms with E-state index in [2.05, 4.69) is 10.6 Å². The third kappa shape index (κ3) is 2.97. The molecular weight excluding hydrogens is 296 g/mol. The lowest BCUT2D eigenvalue weighted by Gasteiger charge is -2.27. The van der Waals surface area contributed by atoms with Crippen molar-refractivity contribution in [3.8, 4) is 0 Å². The van der Waals surface area contributed by atoms with Gasteiger partial charge in [-0.3, -0.25) is 9.59 Å². The van der Waals surface area contributed by atoms with Crippen molar-refractivity contribution in [1.29, 1.82) is 0 Å². The molecule has 23 heavy (non-hydrogen) atoms. The van der Waals surface area contributed by atoms with Crippen LogP contribution in [-0.4, -0.2) is 17.8 Å². The van der Waals surface area contributed by atoms with Gasteiger partial charge in [0, 0.05) is 30.2 Å². The quantitative estimate of drug-likeness (QED) is 0.802. The minimum Gasteiger partial charge on any atom is -0.550 e. The Kier molecular flexibility index (Phi) is 3.90. The highest BCUT2D eigenvalue weighted by atomic mass is 16.4. The zero-order valence-electron chi connectivity index (χ0n) is 12.6. The third-order valence-corrected chi connectivity index (χ3v) is 4.48. The number of carbonyl (C=O) groups is 3. The van der Waals surface area contributed by atoms with E-state index in [1.807, 2.05) is 12.2 Å². The standard InChI is InChI=1S/C17H18N2O4/c1-9(20)18-12-3-2-4-13(8-12)19-16(21)14-10-5-6-11(7-10)15(14)17(22)23/h2-6,8,10-11,14-15H,7H2,1H3,(H,18,20)(H,19,21)(H,22,23)/p-1/t10-,11-,14-,15-/m0/s1. The predicted molar refractivity (Wildman–Crippen MR) is 82.1 cm³/mol. The van der Waals surface area contributed by atoms with Gasteiger partial charge in [-0.05, 0) is 36.5 Å². The topological polar surface area (TPSA) is 98.3 Å². The van der Waals surface area contributed by atoms with Crippen LogP contribution in [0.2, 0.25) is 0 Å². The molecule has 6 heteroatoms. The molecular formula is C17H17N2O4-. The Morgan fingerprint density at radius 2 is 1.65 bits per heavy atom. The van der Waals surface area contributed by atoms with Crippen molar-refractivity contribution in [3.05, 3.63) is 36.4 Å². The van der Waals surface area contributed by atoms with Crippen LogP contribution in [0.3, 0.4) is 0 Å². The summed E-state index contributed by atoms with van der Waals surface area (Å²) in [5.74, 6) is -3.26. The highest BCUT2D eigenvalue weighted by Crippen LogP contribution is 2.48. The van der Waals surface area contributed by atoms with Crippen LogP contribution in [0.5, 0.6) is 0 Å². The number of hydrogen-bond donors (Lipinski definition) is 2. The molecule has 0 unspecified atom stereocenters. The van der Waals surface area contributed by atoms with Crippen LogP contribution in [0.1, 0.15) is 13.3 Å². The number of benzene rings is 1. The number of fused-ring (bicyclic) bond motifs is 2. The summed E-state index contributed by atoms with van der Waals surface area (Å²) in [4.78, 5) is 35.0. The molecule has 2 aliphatic carbocycles. The van der Waals surface area contributed by atoms with Gasteiger partial charge < -0.3 is 20.5 Å². The molecule has 3 rings (SSSR count). The minimum absolute atomic E-state index is 0.0542. The van der Waals surface area contributed by atoms with Gasteiger partial charge in [-0.15, -0.1) is 0 Å². The zero-order valence-corrected chi connectivity index (χ0v) is 12.6. The van der Waals surface area contributed by atoms with Crippen LogP contribution in [-0.2, 0) is 14.4 Å². The zero-order chi connectivity index (χ0) is 16.6. The van der Waals surface area contributed by atoms with Crippen LogP contribution >= 0.6 is 0 Å². The fourth-order valence-corrected chi connectivity index (χ4v) is 3.60. The van der Waals surface area contributed by atoms with E-state index in [0.29, 0.717) is 17.8 Å². The number of carboxylic acid groups (broad SMARTS) is 1. The van der Waals surface area contributed by atoms with E-state index in [1.165, 1.54) is 6.92 Å². The molecule has 1 saturated carbocycles. The number of carbonyl (C=O) groups excluding carboxylic acids is 3. The van der Waals surface area contributed by atoms with E-state index in [1.54, 1.807) is 24.3 Å². The van der Waals surface area contributed by atoms with Crippen molar-refractivity contribution < 1.29 is 19.5 Å².